The molecule has 0 unspecified atom stereocenters. The number of nitrogens with zero attached hydrogens (tertiary/aromatic N) is 2. The number of thioether (sulfide) groups is 1. The number of amides is 1. The summed E-state index contributed by atoms with van der Waals surface area (Å²) in [4.78, 5) is 19.6. The Morgan fingerprint density at radius 2 is 1.86 bits per heavy atom. The van der Waals surface area contributed by atoms with Gasteiger partial charge in [-0.2, -0.15) is 0 Å². The standard InChI is InChI=1S/C22H26N2O3S/c1-4-14-24-21(25)20(15-16-8-6-7-9-19(16)26-3)28-22(24)23-17-10-12-18(13-11-17)27-5-2/h6-13,20H,4-5,14-15H2,1-3H3/t20-/m0/s1. The van der Waals surface area contributed by atoms with E-state index in [0.29, 0.717) is 19.6 Å². The van der Waals surface area contributed by atoms with Crippen LogP contribution in [0.1, 0.15) is 25.8 Å². The van der Waals surface area contributed by atoms with E-state index in [1.54, 1.807) is 12.0 Å². The molecule has 0 spiro atoms. The molecule has 5 nitrogen and oxygen atoms in total. The van der Waals surface area contributed by atoms with Crippen LogP contribution in [0.15, 0.2) is 53.5 Å². The molecule has 0 N–H and O–H groups in total. The second-order valence-corrected chi connectivity index (χ2v) is 7.60. The molecule has 0 bridgehead atoms. The average molecular weight is 399 g/mol. The number of hydrogen-bond donors (Lipinski definition) is 0. The molecule has 0 saturated carbocycles. The number of aliphatic imine (C=N–C) groups is 1. The van der Waals surface area contributed by atoms with Crippen molar-refractivity contribution < 1.29 is 14.3 Å². The van der Waals surface area contributed by atoms with Crippen molar-refractivity contribution in [3.05, 3.63) is 54.1 Å². The fraction of sp³-hybridized carbons (Fsp3) is 0.364. The predicted octanol–water partition coefficient (Wildman–Crippen LogP) is 4.68. The number of hydrogen-bond acceptors (Lipinski definition) is 5. The van der Waals surface area contributed by atoms with Gasteiger partial charge in [0.25, 0.3) is 0 Å². The summed E-state index contributed by atoms with van der Waals surface area (Å²) in [6.45, 7) is 5.33. The molecular formula is C22H26N2O3S. The summed E-state index contributed by atoms with van der Waals surface area (Å²) in [5.41, 5.74) is 1.85. The normalized spacial score (nSPS) is 18.0. The van der Waals surface area contributed by atoms with Crippen molar-refractivity contribution in [3.63, 3.8) is 0 Å². The summed E-state index contributed by atoms with van der Waals surface area (Å²) in [5, 5.41) is 0.570. The van der Waals surface area contributed by atoms with Gasteiger partial charge in [0.1, 0.15) is 11.5 Å². The highest BCUT2D eigenvalue weighted by atomic mass is 32.2. The van der Waals surface area contributed by atoms with Crippen molar-refractivity contribution in [1.82, 2.24) is 4.90 Å². The zero-order valence-corrected chi connectivity index (χ0v) is 17.4. The van der Waals surface area contributed by atoms with Gasteiger partial charge >= 0.3 is 0 Å². The lowest BCUT2D eigenvalue weighted by Gasteiger charge is -2.15. The molecule has 3 rings (SSSR count). The van der Waals surface area contributed by atoms with E-state index in [0.717, 1.165) is 34.3 Å². The third kappa shape index (κ3) is 4.68. The zero-order valence-electron chi connectivity index (χ0n) is 16.6. The summed E-state index contributed by atoms with van der Waals surface area (Å²) in [6.07, 6.45) is 1.51. The lowest BCUT2D eigenvalue weighted by Crippen LogP contribution is -2.33. The molecule has 1 fully saturated rings. The third-order valence-corrected chi connectivity index (χ3v) is 5.61. The van der Waals surface area contributed by atoms with Crippen molar-refractivity contribution in [1.29, 1.82) is 0 Å². The van der Waals surface area contributed by atoms with E-state index in [9.17, 15) is 4.79 Å². The molecule has 0 radical (unpaired) electrons. The second-order valence-electron chi connectivity index (χ2n) is 6.43. The first-order valence-corrected chi connectivity index (χ1v) is 10.5. The first kappa shape index (κ1) is 20.3. The van der Waals surface area contributed by atoms with Crippen molar-refractivity contribution in [2.24, 2.45) is 4.99 Å². The number of carbonyl (C=O) groups is 1. The van der Waals surface area contributed by atoms with E-state index < -0.39 is 0 Å². The summed E-state index contributed by atoms with van der Waals surface area (Å²) < 4.78 is 10.9. The number of rotatable bonds is 8. The van der Waals surface area contributed by atoms with Gasteiger partial charge in [-0.25, -0.2) is 4.99 Å². The van der Waals surface area contributed by atoms with Crippen LogP contribution in [0.3, 0.4) is 0 Å². The Balaban J connectivity index is 1.81. The van der Waals surface area contributed by atoms with Gasteiger partial charge in [-0.3, -0.25) is 9.69 Å². The van der Waals surface area contributed by atoms with E-state index in [2.05, 4.69) is 6.92 Å². The van der Waals surface area contributed by atoms with Gasteiger partial charge in [-0.05, 0) is 55.7 Å². The van der Waals surface area contributed by atoms with E-state index in [1.807, 2.05) is 55.5 Å². The smallest absolute Gasteiger partial charge is 0.242 e. The number of methoxy groups -OCH3 is 1. The first-order valence-electron chi connectivity index (χ1n) is 9.57. The summed E-state index contributed by atoms with van der Waals surface area (Å²) in [7, 11) is 1.66. The van der Waals surface area contributed by atoms with Crippen LogP contribution in [0.4, 0.5) is 5.69 Å². The van der Waals surface area contributed by atoms with E-state index in [-0.39, 0.29) is 11.2 Å². The zero-order chi connectivity index (χ0) is 19.9. The van der Waals surface area contributed by atoms with Crippen LogP contribution in [0.25, 0.3) is 0 Å². The minimum absolute atomic E-state index is 0.113. The maximum Gasteiger partial charge on any atom is 0.242 e. The number of carbonyl (C=O) groups excluding carboxylic acids is 1. The molecule has 2 aromatic rings. The van der Waals surface area contributed by atoms with Crippen LogP contribution in [0, 0.1) is 0 Å². The lowest BCUT2D eigenvalue weighted by atomic mass is 10.1. The van der Waals surface area contributed by atoms with Crippen LogP contribution < -0.4 is 9.47 Å². The van der Waals surface area contributed by atoms with Gasteiger partial charge in [0.2, 0.25) is 5.91 Å². The largest absolute Gasteiger partial charge is 0.496 e. The molecule has 0 aromatic heterocycles. The van der Waals surface area contributed by atoms with Crippen molar-refractivity contribution in [3.8, 4) is 11.5 Å². The Labute approximate surface area is 170 Å². The fourth-order valence-electron chi connectivity index (χ4n) is 3.12. The lowest BCUT2D eigenvalue weighted by molar-refractivity contribution is -0.126. The minimum Gasteiger partial charge on any atom is -0.496 e. The van der Waals surface area contributed by atoms with Gasteiger partial charge in [0.05, 0.1) is 24.7 Å². The SMILES string of the molecule is CCCN1C(=O)[C@H](Cc2ccccc2OC)SC1=Nc1ccc(OCC)cc1. The molecule has 28 heavy (non-hydrogen) atoms. The van der Waals surface area contributed by atoms with Crippen LogP contribution in [0.2, 0.25) is 0 Å². The molecule has 1 atom stereocenters. The van der Waals surface area contributed by atoms with Crippen LogP contribution in [-0.4, -0.2) is 41.5 Å². The first-order chi connectivity index (χ1) is 13.7. The number of para-hydroxylation sites is 1. The highest BCUT2D eigenvalue weighted by molar-refractivity contribution is 8.15. The highest BCUT2D eigenvalue weighted by Gasteiger charge is 2.37. The Morgan fingerprint density at radius 3 is 2.54 bits per heavy atom. The maximum absolute atomic E-state index is 13.0. The Hall–Kier alpha value is -2.47. The van der Waals surface area contributed by atoms with Crippen LogP contribution in [0.5, 0.6) is 11.5 Å². The summed E-state index contributed by atoms with van der Waals surface area (Å²) >= 11 is 1.53. The highest BCUT2D eigenvalue weighted by Crippen LogP contribution is 2.34. The van der Waals surface area contributed by atoms with Gasteiger partial charge in [0, 0.05) is 6.54 Å². The van der Waals surface area contributed by atoms with Gasteiger partial charge in [-0.1, -0.05) is 36.9 Å². The van der Waals surface area contributed by atoms with Gasteiger partial charge in [0.15, 0.2) is 5.17 Å². The Kier molecular flexibility index (Phi) is 6.98. The molecule has 2 aromatic carbocycles. The molecule has 1 heterocycles. The van der Waals surface area contributed by atoms with Crippen LogP contribution >= 0.6 is 11.8 Å². The molecule has 6 heteroatoms. The van der Waals surface area contributed by atoms with Crippen molar-refractivity contribution >= 4 is 28.5 Å². The Morgan fingerprint density at radius 1 is 1.11 bits per heavy atom. The summed E-state index contributed by atoms with van der Waals surface area (Å²) in [6, 6.07) is 15.5. The number of benzene rings is 2. The van der Waals surface area contributed by atoms with Gasteiger partial charge < -0.3 is 9.47 Å². The van der Waals surface area contributed by atoms with Gasteiger partial charge in [-0.15, -0.1) is 0 Å². The number of amidine groups is 1. The average Bonchev–Trinajstić information content (AvgIpc) is 2.99. The Bertz CT molecular complexity index is 836. The quantitative estimate of drug-likeness (QED) is 0.648. The fourth-order valence-corrected chi connectivity index (χ4v) is 4.33. The minimum atomic E-state index is -0.190. The maximum atomic E-state index is 13.0. The molecule has 1 aliphatic heterocycles. The second kappa shape index (κ2) is 9.64. The molecule has 0 aliphatic carbocycles. The van der Waals surface area contributed by atoms with E-state index >= 15 is 0 Å². The molecule has 148 valence electrons. The third-order valence-electron chi connectivity index (χ3n) is 4.44. The molecule has 1 aliphatic rings. The number of ether oxygens (including phenoxy) is 2. The molecule has 1 saturated heterocycles. The van der Waals surface area contributed by atoms with Crippen molar-refractivity contribution in [2.75, 3.05) is 20.3 Å². The monoisotopic (exact) mass is 398 g/mol. The molecular weight excluding hydrogens is 372 g/mol. The van der Waals surface area contributed by atoms with E-state index in [4.69, 9.17) is 14.5 Å². The molecule has 1 amide bonds. The topological polar surface area (TPSA) is 51.1 Å². The summed E-state index contributed by atoms with van der Waals surface area (Å²) in [5.74, 6) is 1.75. The van der Waals surface area contributed by atoms with Crippen LogP contribution in [-0.2, 0) is 11.2 Å². The predicted molar refractivity (Wildman–Crippen MR) is 115 cm³/mol. The van der Waals surface area contributed by atoms with Crippen molar-refractivity contribution in [2.45, 2.75) is 31.9 Å². The van der Waals surface area contributed by atoms with E-state index in [1.165, 1.54) is 11.8 Å².